The molecule has 1 aliphatic rings. The highest BCUT2D eigenvalue weighted by molar-refractivity contribution is 5.68. The second-order valence-corrected chi connectivity index (χ2v) is 4.89. The van der Waals surface area contributed by atoms with Crippen molar-refractivity contribution >= 4 is 6.09 Å². The van der Waals surface area contributed by atoms with Gasteiger partial charge in [-0.1, -0.05) is 27.7 Å². The van der Waals surface area contributed by atoms with E-state index >= 15 is 0 Å². The Labute approximate surface area is 113 Å². The van der Waals surface area contributed by atoms with Crippen molar-refractivity contribution in [3.63, 3.8) is 0 Å². The van der Waals surface area contributed by atoms with Crippen molar-refractivity contribution in [2.45, 2.75) is 66.5 Å². The Morgan fingerprint density at radius 2 is 1.72 bits per heavy atom. The fraction of sp³-hybridized carbons (Fsp3) is 0.929. The summed E-state index contributed by atoms with van der Waals surface area (Å²) in [5, 5.41) is 2.86. The maximum atomic E-state index is 11.4. The first-order chi connectivity index (χ1) is 8.37. The van der Waals surface area contributed by atoms with Gasteiger partial charge in [0.25, 0.3) is 0 Å². The monoisotopic (exact) mass is 260 g/mol. The molecule has 1 heterocycles. The van der Waals surface area contributed by atoms with Gasteiger partial charge < -0.3 is 15.0 Å². The van der Waals surface area contributed by atoms with Crippen molar-refractivity contribution in [3.05, 3.63) is 0 Å². The van der Waals surface area contributed by atoms with E-state index in [4.69, 9.17) is 4.74 Å². The molecule has 1 N–H and O–H groups in total. The lowest BCUT2D eigenvalue weighted by atomic mass is 10.2. The quantitative estimate of drug-likeness (QED) is 0.786. The average Bonchev–Trinajstić information content (AvgIpc) is 2.67. The first-order valence-electron chi connectivity index (χ1n) is 7.05. The Hall–Kier alpha value is -0.770. The third-order valence-corrected chi connectivity index (χ3v) is 2.11. The minimum Gasteiger partial charge on any atom is -0.444 e. The van der Waals surface area contributed by atoms with Gasteiger partial charge in [0.15, 0.2) is 0 Å². The van der Waals surface area contributed by atoms with E-state index in [-0.39, 0.29) is 12.1 Å². The summed E-state index contributed by atoms with van der Waals surface area (Å²) < 4.78 is 5.17. The van der Waals surface area contributed by atoms with Crippen LogP contribution in [0.1, 0.15) is 54.9 Å². The minimum absolute atomic E-state index is 0.245. The van der Waals surface area contributed by atoms with Crippen LogP contribution in [-0.2, 0) is 4.74 Å². The van der Waals surface area contributed by atoms with Crippen LogP contribution in [0.5, 0.6) is 0 Å². The molecule has 0 aromatic rings. The highest BCUT2D eigenvalue weighted by Gasteiger charge is 2.23. The molecule has 1 amide bonds. The van der Waals surface area contributed by atoms with E-state index in [1.165, 1.54) is 0 Å². The standard InChI is InChI=1S/C10H20N2O2.2C2H6/c1-10(2,3)14-9(13)11-8-5-6-12(4)7-8;2*1-2/h8H,5-7H2,1-4H3,(H,11,13);2*1-2H3. The zero-order valence-electron chi connectivity index (χ0n) is 13.5. The van der Waals surface area contributed by atoms with Crippen LogP contribution in [0.3, 0.4) is 0 Å². The smallest absolute Gasteiger partial charge is 0.407 e. The molecule has 0 aromatic carbocycles. The lowest BCUT2D eigenvalue weighted by Gasteiger charge is -2.21. The second-order valence-electron chi connectivity index (χ2n) is 4.89. The van der Waals surface area contributed by atoms with Gasteiger partial charge in [-0.15, -0.1) is 0 Å². The summed E-state index contributed by atoms with van der Waals surface area (Å²) in [6.45, 7) is 15.6. The molecule has 1 fully saturated rings. The van der Waals surface area contributed by atoms with Crippen LogP contribution in [0.2, 0.25) is 0 Å². The molecule has 4 nitrogen and oxygen atoms in total. The van der Waals surface area contributed by atoms with Gasteiger partial charge in [-0.2, -0.15) is 0 Å². The lowest BCUT2D eigenvalue weighted by molar-refractivity contribution is 0.0506. The minimum atomic E-state index is -0.408. The predicted octanol–water partition coefficient (Wildman–Crippen LogP) is 3.27. The maximum Gasteiger partial charge on any atom is 0.407 e. The van der Waals surface area contributed by atoms with Crippen LogP contribution in [0.4, 0.5) is 4.79 Å². The molecule has 1 atom stereocenters. The van der Waals surface area contributed by atoms with Crippen LogP contribution in [-0.4, -0.2) is 42.8 Å². The summed E-state index contributed by atoms with van der Waals surface area (Å²) >= 11 is 0. The number of likely N-dealkylation sites (N-methyl/N-ethyl adjacent to an activating group) is 1. The summed E-state index contributed by atoms with van der Waals surface area (Å²) in [6.07, 6.45) is 0.702. The summed E-state index contributed by atoms with van der Waals surface area (Å²) in [5.74, 6) is 0. The van der Waals surface area contributed by atoms with Crippen molar-refractivity contribution < 1.29 is 9.53 Å². The fourth-order valence-corrected chi connectivity index (χ4v) is 1.53. The average molecular weight is 260 g/mol. The van der Waals surface area contributed by atoms with E-state index in [2.05, 4.69) is 17.3 Å². The fourth-order valence-electron chi connectivity index (χ4n) is 1.53. The molecule has 18 heavy (non-hydrogen) atoms. The second kappa shape index (κ2) is 10.2. The number of ether oxygens (including phenoxy) is 1. The van der Waals surface area contributed by atoms with Gasteiger partial charge >= 0.3 is 6.09 Å². The first kappa shape index (κ1) is 19.6. The first-order valence-corrected chi connectivity index (χ1v) is 7.05. The van der Waals surface area contributed by atoms with E-state index in [0.717, 1.165) is 19.5 Å². The van der Waals surface area contributed by atoms with Crippen molar-refractivity contribution in [2.75, 3.05) is 20.1 Å². The zero-order chi connectivity index (χ0) is 14.8. The number of carbonyl (C=O) groups excluding carboxylic acids is 1. The molecule has 0 radical (unpaired) electrons. The molecular weight excluding hydrogens is 228 g/mol. The molecule has 4 heteroatoms. The molecule has 0 bridgehead atoms. The predicted molar refractivity (Wildman–Crippen MR) is 78.0 cm³/mol. The number of amides is 1. The van der Waals surface area contributed by atoms with Gasteiger partial charge in [-0.25, -0.2) is 4.79 Å². The number of likely N-dealkylation sites (tertiary alicyclic amines) is 1. The number of nitrogens with one attached hydrogen (secondary N) is 1. The number of hydrogen-bond donors (Lipinski definition) is 1. The van der Waals surface area contributed by atoms with Gasteiger partial charge in [-0.05, 0) is 40.8 Å². The van der Waals surface area contributed by atoms with Crippen molar-refractivity contribution in [2.24, 2.45) is 0 Å². The van der Waals surface area contributed by atoms with Crippen LogP contribution in [0, 0.1) is 0 Å². The molecule has 1 saturated heterocycles. The molecule has 110 valence electrons. The SMILES string of the molecule is CC.CC.CN1CCC(NC(=O)OC(C)(C)C)C1. The molecule has 1 unspecified atom stereocenters. The van der Waals surface area contributed by atoms with Crippen LogP contribution >= 0.6 is 0 Å². The Kier molecular flexibility index (Phi) is 11.1. The van der Waals surface area contributed by atoms with Gasteiger partial charge in [0.1, 0.15) is 5.60 Å². The number of carbonyl (C=O) groups is 1. The highest BCUT2D eigenvalue weighted by Crippen LogP contribution is 2.09. The van der Waals surface area contributed by atoms with Gasteiger partial charge in [0.2, 0.25) is 0 Å². The summed E-state index contributed by atoms with van der Waals surface area (Å²) in [5.41, 5.74) is -0.408. The summed E-state index contributed by atoms with van der Waals surface area (Å²) in [7, 11) is 2.05. The Balaban J connectivity index is 0. The largest absolute Gasteiger partial charge is 0.444 e. The number of alkyl carbamates (subject to hydrolysis) is 1. The van der Waals surface area contributed by atoms with Crippen LogP contribution in [0.25, 0.3) is 0 Å². The van der Waals surface area contributed by atoms with Gasteiger partial charge in [0.05, 0.1) is 0 Å². The maximum absolute atomic E-state index is 11.4. The van der Waals surface area contributed by atoms with E-state index < -0.39 is 5.60 Å². The zero-order valence-corrected chi connectivity index (χ0v) is 13.5. The Morgan fingerprint density at radius 1 is 1.22 bits per heavy atom. The third kappa shape index (κ3) is 10.4. The van der Waals surface area contributed by atoms with Crippen molar-refractivity contribution in [1.29, 1.82) is 0 Å². The van der Waals surface area contributed by atoms with Gasteiger partial charge in [0, 0.05) is 12.6 Å². The topological polar surface area (TPSA) is 41.6 Å². The van der Waals surface area contributed by atoms with Crippen LogP contribution < -0.4 is 5.32 Å². The molecule has 1 aliphatic heterocycles. The van der Waals surface area contributed by atoms with E-state index in [9.17, 15) is 4.79 Å². The lowest BCUT2D eigenvalue weighted by Crippen LogP contribution is -2.40. The summed E-state index contributed by atoms with van der Waals surface area (Å²) in [6, 6.07) is 0.245. The molecule has 1 rings (SSSR count). The Bertz CT molecular complexity index is 212. The molecule has 0 saturated carbocycles. The third-order valence-electron chi connectivity index (χ3n) is 2.11. The van der Waals surface area contributed by atoms with Gasteiger partial charge in [-0.3, -0.25) is 0 Å². The van der Waals surface area contributed by atoms with Crippen molar-refractivity contribution in [1.82, 2.24) is 10.2 Å². The number of rotatable bonds is 1. The van der Waals surface area contributed by atoms with Crippen molar-refractivity contribution in [3.8, 4) is 0 Å². The molecule has 0 spiro atoms. The van der Waals surface area contributed by atoms with E-state index in [0.29, 0.717) is 0 Å². The molecule has 0 aromatic heterocycles. The molecule has 0 aliphatic carbocycles. The number of hydrogen-bond acceptors (Lipinski definition) is 3. The number of nitrogens with zero attached hydrogens (tertiary/aromatic N) is 1. The highest BCUT2D eigenvalue weighted by atomic mass is 16.6. The van der Waals surface area contributed by atoms with E-state index in [1.807, 2.05) is 48.5 Å². The Morgan fingerprint density at radius 3 is 2.06 bits per heavy atom. The molecular formula is C14H32N2O2. The van der Waals surface area contributed by atoms with Crippen LogP contribution in [0.15, 0.2) is 0 Å². The normalized spacial score (nSPS) is 19.0. The summed E-state index contributed by atoms with van der Waals surface area (Å²) in [4.78, 5) is 13.6. The van der Waals surface area contributed by atoms with E-state index in [1.54, 1.807) is 0 Å².